The standard InChI is InChI=1S/C15H20N2O/c16-13-7-6-12-5-2-8-17(14(12)10-13)15(18)9-11-3-1-4-11/h6-7,10-11H,1-5,8-9,16H2. The second kappa shape index (κ2) is 4.63. The molecule has 1 saturated carbocycles. The van der Waals surface area contributed by atoms with Crippen LogP contribution in [-0.2, 0) is 11.2 Å². The van der Waals surface area contributed by atoms with Gasteiger partial charge in [-0.05, 0) is 49.3 Å². The van der Waals surface area contributed by atoms with Crippen LogP contribution in [0.4, 0.5) is 11.4 Å². The number of carbonyl (C=O) groups excluding carboxylic acids is 1. The molecule has 3 nitrogen and oxygen atoms in total. The Morgan fingerprint density at radius 1 is 1.33 bits per heavy atom. The van der Waals surface area contributed by atoms with Crippen LogP contribution < -0.4 is 10.6 Å². The molecule has 1 aromatic rings. The summed E-state index contributed by atoms with van der Waals surface area (Å²) in [4.78, 5) is 14.3. The smallest absolute Gasteiger partial charge is 0.227 e. The molecule has 1 aromatic carbocycles. The highest BCUT2D eigenvalue weighted by Crippen LogP contribution is 2.33. The largest absolute Gasteiger partial charge is 0.399 e. The van der Waals surface area contributed by atoms with Crippen LogP contribution in [-0.4, -0.2) is 12.5 Å². The lowest BCUT2D eigenvalue weighted by atomic mass is 9.82. The molecule has 0 saturated heterocycles. The summed E-state index contributed by atoms with van der Waals surface area (Å²) in [5, 5.41) is 0. The number of fused-ring (bicyclic) bond motifs is 1. The molecule has 1 fully saturated rings. The van der Waals surface area contributed by atoms with Gasteiger partial charge in [-0.15, -0.1) is 0 Å². The normalized spacial score (nSPS) is 19.2. The molecule has 2 N–H and O–H groups in total. The van der Waals surface area contributed by atoms with E-state index in [-0.39, 0.29) is 5.91 Å². The number of benzene rings is 1. The highest BCUT2D eigenvalue weighted by atomic mass is 16.2. The molecule has 1 heterocycles. The first-order valence-electron chi connectivity index (χ1n) is 6.93. The first-order chi connectivity index (χ1) is 8.74. The van der Waals surface area contributed by atoms with Crippen molar-refractivity contribution < 1.29 is 4.79 Å². The Hall–Kier alpha value is -1.51. The maximum absolute atomic E-state index is 12.4. The van der Waals surface area contributed by atoms with Crippen LogP contribution in [0.2, 0.25) is 0 Å². The molecule has 1 aliphatic heterocycles. The van der Waals surface area contributed by atoms with Crippen LogP contribution >= 0.6 is 0 Å². The minimum atomic E-state index is 0.284. The summed E-state index contributed by atoms with van der Waals surface area (Å²) < 4.78 is 0. The predicted octanol–water partition coefficient (Wildman–Crippen LogP) is 2.74. The fourth-order valence-electron chi connectivity index (χ4n) is 2.90. The Bertz CT molecular complexity index is 466. The molecule has 0 aromatic heterocycles. The van der Waals surface area contributed by atoms with Crippen LogP contribution in [0.3, 0.4) is 0 Å². The lowest BCUT2D eigenvalue weighted by Gasteiger charge is -2.33. The summed E-state index contributed by atoms with van der Waals surface area (Å²) in [6, 6.07) is 5.94. The summed E-state index contributed by atoms with van der Waals surface area (Å²) in [5.41, 5.74) is 8.90. The topological polar surface area (TPSA) is 46.3 Å². The van der Waals surface area contributed by atoms with Crippen molar-refractivity contribution in [2.24, 2.45) is 5.92 Å². The average Bonchev–Trinajstić information content (AvgIpc) is 2.32. The van der Waals surface area contributed by atoms with Crippen molar-refractivity contribution in [1.29, 1.82) is 0 Å². The van der Waals surface area contributed by atoms with Gasteiger partial charge in [0, 0.05) is 24.3 Å². The number of amides is 1. The summed E-state index contributed by atoms with van der Waals surface area (Å²) in [6.07, 6.45) is 6.58. The lowest BCUT2D eigenvalue weighted by Crippen LogP contribution is -2.37. The Balaban J connectivity index is 1.81. The number of hydrogen-bond donors (Lipinski definition) is 1. The van der Waals surface area contributed by atoms with E-state index >= 15 is 0 Å². The molecule has 2 aliphatic rings. The van der Waals surface area contributed by atoms with Gasteiger partial charge in [0.25, 0.3) is 0 Å². The van der Waals surface area contributed by atoms with Crippen molar-refractivity contribution in [1.82, 2.24) is 0 Å². The van der Waals surface area contributed by atoms with E-state index in [0.717, 1.165) is 30.8 Å². The van der Waals surface area contributed by atoms with E-state index in [1.165, 1.54) is 24.8 Å². The zero-order chi connectivity index (χ0) is 12.5. The van der Waals surface area contributed by atoms with Crippen LogP contribution in [0.1, 0.15) is 37.7 Å². The summed E-state index contributed by atoms with van der Waals surface area (Å²) in [5.74, 6) is 0.912. The van der Waals surface area contributed by atoms with Gasteiger partial charge in [0.1, 0.15) is 0 Å². The van der Waals surface area contributed by atoms with Crippen molar-refractivity contribution in [3.63, 3.8) is 0 Å². The van der Waals surface area contributed by atoms with Gasteiger partial charge in [0.05, 0.1) is 0 Å². The van der Waals surface area contributed by atoms with Crippen molar-refractivity contribution in [3.8, 4) is 0 Å². The van der Waals surface area contributed by atoms with E-state index in [2.05, 4.69) is 6.07 Å². The summed E-state index contributed by atoms with van der Waals surface area (Å²) >= 11 is 0. The minimum Gasteiger partial charge on any atom is -0.399 e. The molecule has 1 aliphatic carbocycles. The third-order valence-corrected chi connectivity index (χ3v) is 4.22. The quantitative estimate of drug-likeness (QED) is 0.813. The maximum Gasteiger partial charge on any atom is 0.227 e. The van der Waals surface area contributed by atoms with Crippen LogP contribution in [0, 0.1) is 5.92 Å². The zero-order valence-electron chi connectivity index (χ0n) is 10.7. The van der Waals surface area contributed by atoms with Gasteiger partial charge >= 0.3 is 0 Å². The first-order valence-corrected chi connectivity index (χ1v) is 6.93. The third-order valence-electron chi connectivity index (χ3n) is 4.22. The van der Waals surface area contributed by atoms with E-state index in [1.807, 2.05) is 17.0 Å². The summed E-state index contributed by atoms with van der Waals surface area (Å²) in [6.45, 7) is 0.849. The van der Waals surface area contributed by atoms with Crippen LogP contribution in [0.15, 0.2) is 18.2 Å². The Labute approximate surface area is 108 Å². The highest BCUT2D eigenvalue weighted by molar-refractivity contribution is 5.95. The Kier molecular flexibility index (Phi) is 2.98. The number of nitrogens with two attached hydrogens (primary N) is 1. The molecule has 0 unspecified atom stereocenters. The van der Waals surface area contributed by atoms with Gasteiger partial charge in [0.15, 0.2) is 0 Å². The number of hydrogen-bond acceptors (Lipinski definition) is 2. The first kappa shape index (κ1) is 11.6. The maximum atomic E-state index is 12.4. The van der Waals surface area contributed by atoms with E-state index < -0.39 is 0 Å². The second-order valence-corrected chi connectivity index (χ2v) is 5.54. The van der Waals surface area contributed by atoms with Crippen molar-refractivity contribution in [2.75, 3.05) is 17.2 Å². The van der Waals surface area contributed by atoms with Crippen molar-refractivity contribution >= 4 is 17.3 Å². The van der Waals surface area contributed by atoms with Gasteiger partial charge in [-0.25, -0.2) is 0 Å². The van der Waals surface area contributed by atoms with Crippen LogP contribution in [0.5, 0.6) is 0 Å². The minimum absolute atomic E-state index is 0.284. The second-order valence-electron chi connectivity index (χ2n) is 5.54. The number of aryl methyl sites for hydroxylation is 1. The highest BCUT2D eigenvalue weighted by Gasteiger charge is 2.27. The summed E-state index contributed by atoms with van der Waals surface area (Å²) in [7, 11) is 0. The van der Waals surface area contributed by atoms with Gasteiger partial charge in [0.2, 0.25) is 5.91 Å². The lowest BCUT2D eigenvalue weighted by molar-refractivity contribution is -0.120. The fourth-order valence-corrected chi connectivity index (χ4v) is 2.90. The molecule has 3 heteroatoms. The van der Waals surface area contributed by atoms with Gasteiger partial charge in [-0.1, -0.05) is 12.5 Å². The monoisotopic (exact) mass is 244 g/mol. The molecule has 0 spiro atoms. The number of carbonyl (C=O) groups is 1. The molecule has 0 atom stereocenters. The predicted molar refractivity (Wildman–Crippen MR) is 73.5 cm³/mol. The van der Waals surface area contributed by atoms with Gasteiger partial charge in [-0.3, -0.25) is 4.79 Å². The zero-order valence-corrected chi connectivity index (χ0v) is 10.7. The fraction of sp³-hybridized carbons (Fsp3) is 0.533. The SMILES string of the molecule is Nc1ccc2c(c1)N(C(=O)CC1CCC1)CCC2. The molecule has 96 valence electrons. The molecule has 0 bridgehead atoms. The number of nitrogens with zero attached hydrogens (tertiary/aromatic N) is 1. The number of rotatable bonds is 2. The Morgan fingerprint density at radius 2 is 2.17 bits per heavy atom. The van der Waals surface area contributed by atoms with Crippen molar-refractivity contribution in [2.45, 2.75) is 38.5 Å². The molecular weight excluding hydrogens is 224 g/mol. The van der Waals surface area contributed by atoms with Crippen molar-refractivity contribution in [3.05, 3.63) is 23.8 Å². The van der Waals surface area contributed by atoms with Gasteiger partial charge in [-0.2, -0.15) is 0 Å². The van der Waals surface area contributed by atoms with Gasteiger partial charge < -0.3 is 10.6 Å². The molecule has 0 radical (unpaired) electrons. The van der Waals surface area contributed by atoms with E-state index in [4.69, 9.17) is 5.73 Å². The molecule has 18 heavy (non-hydrogen) atoms. The molecule has 1 amide bonds. The van der Waals surface area contributed by atoms with E-state index in [9.17, 15) is 4.79 Å². The number of anilines is 2. The van der Waals surface area contributed by atoms with Crippen LogP contribution in [0.25, 0.3) is 0 Å². The van der Waals surface area contributed by atoms with E-state index in [0.29, 0.717) is 12.3 Å². The van der Waals surface area contributed by atoms with E-state index in [1.54, 1.807) is 0 Å². The third kappa shape index (κ3) is 2.09. The molecular formula is C15H20N2O. The Morgan fingerprint density at radius 3 is 2.89 bits per heavy atom. The number of nitrogen functional groups attached to an aromatic ring is 1. The average molecular weight is 244 g/mol. The molecule has 3 rings (SSSR count).